The molecule has 1 N–H and O–H groups in total. The molecule has 2 heterocycles. The van der Waals surface area contributed by atoms with E-state index < -0.39 is 10.0 Å². The lowest BCUT2D eigenvalue weighted by Crippen LogP contribution is -2.51. The standard InChI is InChI=1S/C20H31N3O3S/c1-17(19-7-9-21-10-8-19)15-20(24)22-11-13-23(14-12-22)27(25,26)16-18-5-3-2-4-6-18/h2-6,17,19,21H,7-16H2,1H3. The van der Waals surface area contributed by atoms with Crippen LogP contribution in [0.15, 0.2) is 30.3 Å². The van der Waals surface area contributed by atoms with E-state index >= 15 is 0 Å². The molecule has 0 radical (unpaired) electrons. The average Bonchev–Trinajstić information content (AvgIpc) is 2.69. The Labute approximate surface area is 163 Å². The van der Waals surface area contributed by atoms with Gasteiger partial charge in [0.25, 0.3) is 0 Å². The van der Waals surface area contributed by atoms with Gasteiger partial charge in [-0.15, -0.1) is 0 Å². The zero-order valence-corrected chi connectivity index (χ0v) is 17.0. The molecule has 2 saturated heterocycles. The summed E-state index contributed by atoms with van der Waals surface area (Å²) in [6, 6.07) is 9.25. The Morgan fingerprint density at radius 2 is 1.74 bits per heavy atom. The quantitative estimate of drug-likeness (QED) is 0.798. The van der Waals surface area contributed by atoms with E-state index in [0.29, 0.717) is 44.4 Å². The van der Waals surface area contributed by atoms with Crippen LogP contribution < -0.4 is 5.32 Å². The number of benzene rings is 1. The van der Waals surface area contributed by atoms with Crippen LogP contribution in [0.4, 0.5) is 0 Å². The Kier molecular flexibility index (Phi) is 6.89. The highest BCUT2D eigenvalue weighted by atomic mass is 32.2. The normalized spacial score (nSPS) is 21.1. The number of amides is 1. The summed E-state index contributed by atoms with van der Waals surface area (Å²) in [7, 11) is -3.34. The summed E-state index contributed by atoms with van der Waals surface area (Å²) >= 11 is 0. The summed E-state index contributed by atoms with van der Waals surface area (Å²) in [5.74, 6) is 1.19. The van der Waals surface area contributed by atoms with E-state index in [9.17, 15) is 13.2 Å². The maximum Gasteiger partial charge on any atom is 0.222 e. The largest absolute Gasteiger partial charge is 0.340 e. The van der Waals surface area contributed by atoms with Gasteiger partial charge in [0, 0.05) is 32.6 Å². The van der Waals surface area contributed by atoms with Gasteiger partial charge in [0.2, 0.25) is 15.9 Å². The monoisotopic (exact) mass is 393 g/mol. The van der Waals surface area contributed by atoms with Crippen LogP contribution in [-0.2, 0) is 20.6 Å². The van der Waals surface area contributed by atoms with Crippen molar-refractivity contribution < 1.29 is 13.2 Å². The zero-order valence-electron chi connectivity index (χ0n) is 16.1. The van der Waals surface area contributed by atoms with E-state index in [1.54, 1.807) is 0 Å². The lowest BCUT2D eigenvalue weighted by Gasteiger charge is -2.35. The minimum Gasteiger partial charge on any atom is -0.340 e. The molecule has 0 aliphatic carbocycles. The molecule has 1 atom stereocenters. The highest BCUT2D eigenvalue weighted by molar-refractivity contribution is 7.88. The molecule has 0 spiro atoms. The van der Waals surface area contributed by atoms with Crippen LogP contribution >= 0.6 is 0 Å². The molecule has 0 bridgehead atoms. The van der Waals surface area contributed by atoms with Gasteiger partial charge in [-0.25, -0.2) is 8.42 Å². The van der Waals surface area contributed by atoms with Crippen LogP contribution in [0.1, 0.15) is 31.7 Å². The number of carbonyl (C=O) groups is 1. The van der Waals surface area contributed by atoms with Gasteiger partial charge in [0.15, 0.2) is 0 Å². The Hall–Kier alpha value is -1.44. The van der Waals surface area contributed by atoms with Gasteiger partial charge in [-0.2, -0.15) is 4.31 Å². The van der Waals surface area contributed by atoms with Crippen molar-refractivity contribution in [3.8, 4) is 0 Å². The summed E-state index contributed by atoms with van der Waals surface area (Å²) in [5.41, 5.74) is 0.798. The predicted octanol–water partition coefficient (Wildman–Crippen LogP) is 1.69. The number of piperidine rings is 1. The maximum absolute atomic E-state index is 12.6. The fourth-order valence-electron chi connectivity index (χ4n) is 4.08. The first-order chi connectivity index (χ1) is 13.0. The first kappa shape index (κ1) is 20.3. The van der Waals surface area contributed by atoms with Crippen molar-refractivity contribution in [2.45, 2.75) is 31.9 Å². The molecular weight excluding hydrogens is 362 g/mol. The smallest absolute Gasteiger partial charge is 0.222 e. The van der Waals surface area contributed by atoms with E-state index in [-0.39, 0.29) is 11.7 Å². The molecule has 2 aliphatic heterocycles. The summed E-state index contributed by atoms with van der Waals surface area (Å²) in [5, 5.41) is 3.36. The van der Waals surface area contributed by atoms with Crippen molar-refractivity contribution in [1.29, 1.82) is 0 Å². The van der Waals surface area contributed by atoms with E-state index in [1.165, 1.54) is 4.31 Å². The summed E-state index contributed by atoms with van der Waals surface area (Å²) in [6.45, 7) is 6.03. The number of hydrogen-bond donors (Lipinski definition) is 1. The summed E-state index contributed by atoms with van der Waals surface area (Å²) < 4.78 is 26.8. The van der Waals surface area contributed by atoms with E-state index in [2.05, 4.69) is 12.2 Å². The van der Waals surface area contributed by atoms with Crippen molar-refractivity contribution in [3.63, 3.8) is 0 Å². The second kappa shape index (κ2) is 9.17. The lowest BCUT2D eigenvalue weighted by molar-refractivity contribution is -0.133. The molecule has 0 aromatic heterocycles. The van der Waals surface area contributed by atoms with Gasteiger partial charge in [0.05, 0.1) is 5.75 Å². The Morgan fingerprint density at radius 1 is 1.11 bits per heavy atom. The van der Waals surface area contributed by atoms with Crippen LogP contribution in [0.3, 0.4) is 0 Å². The minimum atomic E-state index is -3.34. The fourth-order valence-corrected chi connectivity index (χ4v) is 5.59. The van der Waals surface area contributed by atoms with Crippen LogP contribution in [0.2, 0.25) is 0 Å². The highest BCUT2D eigenvalue weighted by Gasteiger charge is 2.30. The van der Waals surface area contributed by atoms with Crippen LogP contribution in [0.5, 0.6) is 0 Å². The van der Waals surface area contributed by atoms with Gasteiger partial charge < -0.3 is 10.2 Å². The number of nitrogens with one attached hydrogen (secondary N) is 1. The number of rotatable bonds is 6. The van der Waals surface area contributed by atoms with Gasteiger partial charge in [0.1, 0.15) is 0 Å². The number of sulfonamides is 1. The number of hydrogen-bond acceptors (Lipinski definition) is 4. The topological polar surface area (TPSA) is 69.7 Å². The van der Waals surface area contributed by atoms with E-state index in [4.69, 9.17) is 0 Å². The molecular formula is C20H31N3O3S. The third-order valence-electron chi connectivity index (χ3n) is 5.86. The third-order valence-corrected chi connectivity index (χ3v) is 7.71. The van der Waals surface area contributed by atoms with Gasteiger partial charge >= 0.3 is 0 Å². The van der Waals surface area contributed by atoms with Gasteiger partial charge in [-0.3, -0.25) is 4.79 Å². The van der Waals surface area contributed by atoms with Crippen molar-refractivity contribution >= 4 is 15.9 Å². The predicted molar refractivity (Wildman–Crippen MR) is 107 cm³/mol. The van der Waals surface area contributed by atoms with E-state index in [0.717, 1.165) is 31.5 Å². The van der Waals surface area contributed by atoms with Gasteiger partial charge in [-0.1, -0.05) is 37.3 Å². The number of nitrogens with zero attached hydrogens (tertiary/aromatic N) is 2. The highest BCUT2D eigenvalue weighted by Crippen LogP contribution is 2.25. The second-order valence-corrected chi connectivity index (χ2v) is 9.76. The van der Waals surface area contributed by atoms with Crippen LogP contribution in [0.25, 0.3) is 0 Å². The molecule has 1 aromatic rings. The molecule has 1 amide bonds. The first-order valence-electron chi connectivity index (χ1n) is 9.96. The molecule has 150 valence electrons. The Morgan fingerprint density at radius 3 is 2.37 bits per heavy atom. The molecule has 1 unspecified atom stereocenters. The fraction of sp³-hybridized carbons (Fsp3) is 0.650. The first-order valence-corrected chi connectivity index (χ1v) is 11.6. The maximum atomic E-state index is 12.6. The van der Waals surface area contributed by atoms with Crippen molar-refractivity contribution in [1.82, 2.24) is 14.5 Å². The molecule has 27 heavy (non-hydrogen) atoms. The third kappa shape index (κ3) is 5.53. The molecule has 3 rings (SSSR count). The molecule has 2 fully saturated rings. The summed E-state index contributed by atoms with van der Waals surface area (Å²) in [4.78, 5) is 14.5. The Balaban J connectivity index is 1.48. The van der Waals surface area contributed by atoms with Crippen LogP contribution in [0, 0.1) is 11.8 Å². The van der Waals surface area contributed by atoms with Crippen molar-refractivity contribution in [3.05, 3.63) is 35.9 Å². The molecule has 0 saturated carbocycles. The minimum absolute atomic E-state index is 0.0224. The lowest BCUT2D eigenvalue weighted by atomic mass is 9.84. The van der Waals surface area contributed by atoms with Crippen molar-refractivity contribution in [2.75, 3.05) is 39.3 Å². The SMILES string of the molecule is CC(CC(=O)N1CCN(S(=O)(=O)Cc2ccccc2)CC1)C1CCNCC1. The average molecular weight is 394 g/mol. The number of carbonyl (C=O) groups excluding carboxylic acids is 1. The van der Waals surface area contributed by atoms with Gasteiger partial charge in [-0.05, 0) is 43.3 Å². The Bertz CT molecular complexity index is 709. The molecule has 2 aliphatic rings. The molecule has 7 heteroatoms. The number of piperazine rings is 1. The van der Waals surface area contributed by atoms with Crippen LogP contribution in [-0.4, -0.2) is 62.8 Å². The molecule has 6 nitrogen and oxygen atoms in total. The van der Waals surface area contributed by atoms with Crippen molar-refractivity contribution in [2.24, 2.45) is 11.8 Å². The second-order valence-electron chi connectivity index (χ2n) is 7.79. The zero-order chi connectivity index (χ0) is 19.3. The van der Waals surface area contributed by atoms with E-state index in [1.807, 2.05) is 35.2 Å². The summed E-state index contributed by atoms with van der Waals surface area (Å²) in [6.07, 6.45) is 2.85. The molecule has 1 aromatic carbocycles.